The van der Waals surface area contributed by atoms with E-state index in [1.165, 1.54) is 17.7 Å². The lowest BCUT2D eigenvalue weighted by atomic mass is 9.87. The van der Waals surface area contributed by atoms with Gasteiger partial charge in [0.2, 0.25) is 0 Å². The lowest BCUT2D eigenvalue weighted by molar-refractivity contribution is 0.149. The highest BCUT2D eigenvalue weighted by atomic mass is 16.5. The second kappa shape index (κ2) is 6.81. The van der Waals surface area contributed by atoms with E-state index in [-0.39, 0.29) is 0 Å². The van der Waals surface area contributed by atoms with Crippen molar-refractivity contribution in [2.24, 2.45) is 5.92 Å². The Morgan fingerprint density at radius 3 is 3.17 bits per heavy atom. The first kappa shape index (κ1) is 13.4. The van der Waals surface area contributed by atoms with Gasteiger partial charge in [-0.3, -0.25) is 0 Å². The van der Waals surface area contributed by atoms with Crippen LogP contribution in [0.3, 0.4) is 0 Å². The molecule has 1 aromatic rings. The van der Waals surface area contributed by atoms with E-state index in [4.69, 9.17) is 4.74 Å². The van der Waals surface area contributed by atoms with Gasteiger partial charge in [0.1, 0.15) is 5.82 Å². The molecular weight excluding hydrogens is 226 g/mol. The van der Waals surface area contributed by atoms with Crippen LogP contribution in [-0.4, -0.2) is 36.8 Å². The average molecular weight is 249 g/mol. The predicted octanol–water partition coefficient (Wildman–Crippen LogP) is 1.38. The molecule has 4 heteroatoms. The fourth-order valence-electron chi connectivity index (χ4n) is 2.52. The van der Waals surface area contributed by atoms with E-state index in [1.807, 2.05) is 20.2 Å². The molecule has 4 nitrogen and oxygen atoms in total. The highest BCUT2D eigenvalue weighted by molar-refractivity contribution is 5.21. The Bertz CT molecular complexity index is 381. The van der Waals surface area contributed by atoms with Crippen molar-refractivity contribution in [2.45, 2.75) is 32.6 Å². The third-order valence-corrected chi connectivity index (χ3v) is 3.47. The number of ether oxygens (including phenoxy) is 1. The molecule has 100 valence electrons. The maximum atomic E-state index is 5.34. The summed E-state index contributed by atoms with van der Waals surface area (Å²) in [4.78, 5) is 9.12. The van der Waals surface area contributed by atoms with Crippen LogP contribution in [0.1, 0.15) is 30.4 Å². The summed E-state index contributed by atoms with van der Waals surface area (Å²) in [6, 6.07) is 0. The van der Waals surface area contributed by atoms with Crippen LogP contribution in [0, 0.1) is 5.92 Å². The zero-order valence-electron chi connectivity index (χ0n) is 11.4. The van der Waals surface area contributed by atoms with Gasteiger partial charge in [-0.15, -0.1) is 0 Å². The van der Waals surface area contributed by atoms with Crippen LogP contribution in [0.2, 0.25) is 0 Å². The zero-order valence-corrected chi connectivity index (χ0v) is 11.4. The molecule has 0 saturated carbocycles. The second-order valence-electron chi connectivity index (χ2n) is 4.87. The van der Waals surface area contributed by atoms with Gasteiger partial charge >= 0.3 is 0 Å². The molecule has 0 radical (unpaired) electrons. The zero-order chi connectivity index (χ0) is 12.8. The summed E-state index contributed by atoms with van der Waals surface area (Å²) in [5.41, 5.74) is 2.59. The van der Waals surface area contributed by atoms with Gasteiger partial charge in [-0.1, -0.05) is 0 Å². The number of aryl methyl sites for hydroxylation is 1. The molecule has 0 aliphatic heterocycles. The fourth-order valence-corrected chi connectivity index (χ4v) is 2.52. The molecule has 0 saturated heterocycles. The van der Waals surface area contributed by atoms with Crippen LogP contribution in [-0.2, 0) is 24.0 Å². The predicted molar refractivity (Wildman–Crippen MR) is 71.7 cm³/mol. The molecule has 1 heterocycles. The van der Waals surface area contributed by atoms with E-state index in [2.05, 4.69) is 15.3 Å². The molecule has 2 rings (SSSR count). The Morgan fingerprint density at radius 1 is 1.50 bits per heavy atom. The van der Waals surface area contributed by atoms with Gasteiger partial charge in [0.25, 0.3) is 0 Å². The van der Waals surface area contributed by atoms with E-state index in [0.717, 1.165) is 50.8 Å². The van der Waals surface area contributed by atoms with Gasteiger partial charge in [0, 0.05) is 24.9 Å². The molecule has 0 aromatic carbocycles. The molecule has 1 aliphatic carbocycles. The summed E-state index contributed by atoms with van der Waals surface area (Å²) in [6.07, 6.45) is 6.27. The van der Waals surface area contributed by atoms with Crippen molar-refractivity contribution >= 4 is 0 Å². The minimum Gasteiger partial charge on any atom is -0.381 e. The highest BCUT2D eigenvalue weighted by Gasteiger charge is 2.19. The molecule has 1 aromatic heterocycles. The smallest absolute Gasteiger partial charge is 0.130 e. The SMILES string of the molecule is CCOCCc1ncc2c(n1)CCC(CNC)C2. The molecular formula is C14H23N3O. The van der Waals surface area contributed by atoms with Crippen molar-refractivity contribution < 1.29 is 4.74 Å². The van der Waals surface area contributed by atoms with Crippen LogP contribution in [0.15, 0.2) is 6.20 Å². The molecule has 1 unspecified atom stereocenters. The Morgan fingerprint density at radius 2 is 2.39 bits per heavy atom. The largest absolute Gasteiger partial charge is 0.381 e. The maximum absolute atomic E-state index is 5.34. The normalized spacial score (nSPS) is 18.7. The standard InChI is InChI=1S/C14H23N3O/c1-3-18-7-6-14-16-10-12-8-11(9-15-2)4-5-13(12)17-14/h10-11,15H,3-9H2,1-2H3. The fraction of sp³-hybridized carbons (Fsp3) is 0.714. The first-order chi connectivity index (χ1) is 8.83. The summed E-state index contributed by atoms with van der Waals surface area (Å²) < 4.78 is 5.34. The molecule has 0 fully saturated rings. The van der Waals surface area contributed by atoms with E-state index < -0.39 is 0 Å². The third kappa shape index (κ3) is 3.50. The van der Waals surface area contributed by atoms with E-state index in [0.29, 0.717) is 0 Å². The van der Waals surface area contributed by atoms with Gasteiger partial charge in [-0.2, -0.15) is 0 Å². The lowest BCUT2D eigenvalue weighted by Gasteiger charge is -2.23. The molecule has 1 atom stereocenters. The van der Waals surface area contributed by atoms with Gasteiger partial charge in [-0.25, -0.2) is 9.97 Å². The summed E-state index contributed by atoms with van der Waals surface area (Å²) in [6.45, 7) is 4.58. The summed E-state index contributed by atoms with van der Waals surface area (Å²) >= 11 is 0. The first-order valence-corrected chi connectivity index (χ1v) is 6.89. The Hall–Kier alpha value is -1.00. The molecule has 1 N–H and O–H groups in total. The molecule has 0 spiro atoms. The molecule has 1 aliphatic rings. The Labute approximate surface area is 109 Å². The number of aromatic nitrogens is 2. The van der Waals surface area contributed by atoms with Gasteiger partial charge in [0.05, 0.1) is 6.61 Å². The Kier molecular flexibility index (Phi) is 5.08. The van der Waals surface area contributed by atoms with Crippen LogP contribution in [0.4, 0.5) is 0 Å². The Balaban J connectivity index is 1.96. The number of hydrogen-bond acceptors (Lipinski definition) is 4. The van der Waals surface area contributed by atoms with Crippen molar-refractivity contribution in [2.75, 3.05) is 26.8 Å². The summed E-state index contributed by atoms with van der Waals surface area (Å²) in [5.74, 6) is 1.66. The minimum atomic E-state index is 0.720. The van der Waals surface area contributed by atoms with Crippen molar-refractivity contribution in [1.29, 1.82) is 0 Å². The second-order valence-corrected chi connectivity index (χ2v) is 4.87. The average Bonchev–Trinajstić information content (AvgIpc) is 2.39. The molecule has 18 heavy (non-hydrogen) atoms. The van der Waals surface area contributed by atoms with Crippen molar-refractivity contribution in [3.63, 3.8) is 0 Å². The van der Waals surface area contributed by atoms with Crippen LogP contribution in [0.25, 0.3) is 0 Å². The minimum absolute atomic E-state index is 0.720. The number of fused-ring (bicyclic) bond motifs is 1. The molecule has 0 amide bonds. The number of rotatable bonds is 6. The third-order valence-electron chi connectivity index (χ3n) is 3.47. The first-order valence-electron chi connectivity index (χ1n) is 6.89. The van der Waals surface area contributed by atoms with Gasteiger partial charge < -0.3 is 10.1 Å². The highest BCUT2D eigenvalue weighted by Crippen LogP contribution is 2.23. The van der Waals surface area contributed by atoms with Crippen LogP contribution >= 0.6 is 0 Å². The monoisotopic (exact) mass is 249 g/mol. The van der Waals surface area contributed by atoms with Crippen molar-refractivity contribution in [3.8, 4) is 0 Å². The number of nitrogens with zero attached hydrogens (tertiary/aromatic N) is 2. The van der Waals surface area contributed by atoms with Crippen LogP contribution in [0.5, 0.6) is 0 Å². The topological polar surface area (TPSA) is 47.0 Å². The van der Waals surface area contributed by atoms with Crippen molar-refractivity contribution in [1.82, 2.24) is 15.3 Å². The van der Waals surface area contributed by atoms with Crippen LogP contribution < -0.4 is 5.32 Å². The summed E-state index contributed by atoms with van der Waals surface area (Å²) in [7, 11) is 2.02. The van der Waals surface area contributed by atoms with E-state index in [1.54, 1.807) is 0 Å². The van der Waals surface area contributed by atoms with Gasteiger partial charge in [-0.05, 0) is 51.3 Å². The quantitative estimate of drug-likeness (QED) is 0.774. The molecule has 0 bridgehead atoms. The number of nitrogens with one attached hydrogen (secondary N) is 1. The van der Waals surface area contributed by atoms with Gasteiger partial charge in [0.15, 0.2) is 0 Å². The summed E-state index contributed by atoms with van der Waals surface area (Å²) in [5, 5.41) is 3.26. The maximum Gasteiger partial charge on any atom is 0.130 e. The van der Waals surface area contributed by atoms with E-state index >= 15 is 0 Å². The number of hydrogen-bond donors (Lipinski definition) is 1. The van der Waals surface area contributed by atoms with Crippen molar-refractivity contribution in [3.05, 3.63) is 23.3 Å². The van der Waals surface area contributed by atoms with E-state index in [9.17, 15) is 0 Å². The lowest BCUT2D eigenvalue weighted by Crippen LogP contribution is -2.25.